The number of sulfone groups is 1. The molecule has 3 rings (SSSR count). The van der Waals surface area contributed by atoms with Gasteiger partial charge in [0.25, 0.3) is 0 Å². The van der Waals surface area contributed by atoms with Gasteiger partial charge in [0.05, 0.1) is 18.3 Å². The van der Waals surface area contributed by atoms with Gasteiger partial charge in [0.1, 0.15) is 0 Å². The van der Waals surface area contributed by atoms with Gasteiger partial charge in [0, 0.05) is 23.4 Å². The van der Waals surface area contributed by atoms with Crippen LogP contribution in [0.1, 0.15) is 5.56 Å². The number of anilines is 1. The minimum Gasteiger partial charge on any atom is -0.361 e. The highest BCUT2D eigenvalue weighted by molar-refractivity contribution is 7.90. The summed E-state index contributed by atoms with van der Waals surface area (Å²) in [6.45, 7) is 0. The Bertz CT molecular complexity index is 960. The highest BCUT2D eigenvalue weighted by Crippen LogP contribution is 2.18. The largest absolute Gasteiger partial charge is 0.361 e. The molecule has 0 fully saturated rings. The number of nitrogens with one attached hydrogen (secondary N) is 2. The second-order valence-electron chi connectivity index (χ2n) is 5.24. The number of aromatic amines is 1. The smallest absolute Gasteiger partial charge is 0.228 e. The maximum absolute atomic E-state index is 12.1. The van der Waals surface area contributed by atoms with Crippen LogP contribution in [0.25, 0.3) is 10.9 Å². The summed E-state index contributed by atoms with van der Waals surface area (Å²) in [5.41, 5.74) is 2.34. The van der Waals surface area contributed by atoms with Crippen LogP contribution in [-0.2, 0) is 21.1 Å². The zero-order chi connectivity index (χ0) is 16.4. The molecule has 0 spiro atoms. The molecule has 0 aliphatic rings. The molecule has 1 amide bonds. The summed E-state index contributed by atoms with van der Waals surface area (Å²) in [5.74, 6) is -0.191. The van der Waals surface area contributed by atoms with Crippen LogP contribution in [0.2, 0.25) is 0 Å². The zero-order valence-corrected chi connectivity index (χ0v) is 13.2. The van der Waals surface area contributed by atoms with Crippen molar-refractivity contribution in [3.05, 3.63) is 54.4 Å². The Morgan fingerprint density at radius 2 is 2.00 bits per heavy atom. The van der Waals surface area contributed by atoms with E-state index in [0.29, 0.717) is 5.69 Å². The number of nitrogens with zero attached hydrogens (tertiary/aromatic N) is 1. The van der Waals surface area contributed by atoms with E-state index < -0.39 is 9.84 Å². The summed E-state index contributed by atoms with van der Waals surface area (Å²) < 4.78 is 22.7. The maximum Gasteiger partial charge on any atom is 0.228 e. The average molecular weight is 329 g/mol. The number of carbonyl (C=O) groups excluding carboxylic acids is 1. The Morgan fingerprint density at radius 3 is 2.70 bits per heavy atom. The standard InChI is InChI=1S/C16H15N3O3S/c1-23(21,22)16-7-6-12(10-18-16)19-15(20)8-11-9-17-14-5-3-2-4-13(11)14/h2-7,9-10,17H,8H2,1H3,(H,19,20). The summed E-state index contributed by atoms with van der Waals surface area (Å²) >= 11 is 0. The van der Waals surface area contributed by atoms with Gasteiger partial charge in [0.15, 0.2) is 14.9 Å². The molecule has 3 aromatic rings. The minimum absolute atomic E-state index is 0.0212. The van der Waals surface area contributed by atoms with Gasteiger partial charge in [-0.05, 0) is 23.8 Å². The molecule has 0 radical (unpaired) electrons. The molecule has 0 saturated heterocycles. The molecule has 7 heteroatoms. The third kappa shape index (κ3) is 3.40. The van der Waals surface area contributed by atoms with E-state index in [1.165, 1.54) is 18.3 Å². The van der Waals surface area contributed by atoms with Crippen LogP contribution in [0, 0.1) is 0 Å². The monoisotopic (exact) mass is 329 g/mol. The Morgan fingerprint density at radius 1 is 1.22 bits per heavy atom. The molecule has 6 nitrogen and oxygen atoms in total. The lowest BCUT2D eigenvalue weighted by atomic mass is 10.1. The van der Waals surface area contributed by atoms with Crippen LogP contribution in [0.3, 0.4) is 0 Å². The van der Waals surface area contributed by atoms with Crippen LogP contribution in [0.15, 0.2) is 53.8 Å². The molecule has 1 aromatic carbocycles. The number of H-pyrrole nitrogens is 1. The fourth-order valence-electron chi connectivity index (χ4n) is 2.33. The van der Waals surface area contributed by atoms with Crippen LogP contribution in [0.4, 0.5) is 5.69 Å². The molecule has 23 heavy (non-hydrogen) atoms. The van der Waals surface area contributed by atoms with Crippen LogP contribution < -0.4 is 5.32 Å². The first-order valence-corrected chi connectivity index (χ1v) is 8.83. The Labute approximate surface area is 133 Å². The van der Waals surface area contributed by atoms with E-state index in [-0.39, 0.29) is 17.4 Å². The molecular formula is C16H15N3O3S. The van der Waals surface area contributed by atoms with Gasteiger partial charge in [0.2, 0.25) is 5.91 Å². The molecule has 0 bridgehead atoms. The Kier molecular flexibility index (Phi) is 3.87. The summed E-state index contributed by atoms with van der Waals surface area (Å²) in [7, 11) is -3.34. The third-order valence-corrected chi connectivity index (χ3v) is 4.43. The van der Waals surface area contributed by atoms with Crippen molar-refractivity contribution in [1.82, 2.24) is 9.97 Å². The molecule has 2 heterocycles. The normalized spacial score (nSPS) is 11.5. The lowest BCUT2D eigenvalue weighted by molar-refractivity contribution is -0.115. The van der Waals surface area contributed by atoms with Crippen molar-refractivity contribution >= 4 is 32.3 Å². The van der Waals surface area contributed by atoms with Gasteiger partial charge in [-0.3, -0.25) is 4.79 Å². The van der Waals surface area contributed by atoms with E-state index in [0.717, 1.165) is 22.7 Å². The molecule has 2 N–H and O–H groups in total. The number of rotatable bonds is 4. The highest BCUT2D eigenvalue weighted by Gasteiger charge is 2.11. The van der Waals surface area contributed by atoms with Crippen molar-refractivity contribution in [3.8, 4) is 0 Å². The zero-order valence-electron chi connectivity index (χ0n) is 12.4. The third-order valence-electron chi connectivity index (χ3n) is 3.43. The van der Waals surface area contributed by atoms with Gasteiger partial charge >= 0.3 is 0 Å². The van der Waals surface area contributed by atoms with Gasteiger partial charge in [-0.25, -0.2) is 13.4 Å². The SMILES string of the molecule is CS(=O)(=O)c1ccc(NC(=O)Cc2c[nH]c3ccccc23)cn1. The lowest BCUT2D eigenvalue weighted by Gasteiger charge is -2.05. The molecule has 0 aliphatic heterocycles. The molecule has 0 aliphatic carbocycles. The van der Waals surface area contributed by atoms with E-state index in [1.807, 2.05) is 30.5 Å². The van der Waals surface area contributed by atoms with Crippen LogP contribution in [-0.4, -0.2) is 30.5 Å². The van der Waals surface area contributed by atoms with Gasteiger partial charge in [-0.2, -0.15) is 0 Å². The highest BCUT2D eigenvalue weighted by atomic mass is 32.2. The Hall–Kier alpha value is -2.67. The van der Waals surface area contributed by atoms with Gasteiger partial charge < -0.3 is 10.3 Å². The fraction of sp³-hybridized carbons (Fsp3) is 0.125. The Balaban J connectivity index is 1.72. The van der Waals surface area contributed by atoms with Crippen molar-refractivity contribution in [2.45, 2.75) is 11.4 Å². The van der Waals surface area contributed by atoms with Crippen molar-refractivity contribution in [3.63, 3.8) is 0 Å². The van der Waals surface area contributed by atoms with E-state index in [2.05, 4.69) is 15.3 Å². The predicted octanol–water partition coefficient (Wildman–Crippen LogP) is 2.15. The van der Waals surface area contributed by atoms with E-state index in [1.54, 1.807) is 0 Å². The predicted molar refractivity (Wildman–Crippen MR) is 88.0 cm³/mol. The number of fused-ring (bicyclic) bond motifs is 1. The first kappa shape index (κ1) is 15.2. The minimum atomic E-state index is -3.34. The number of amides is 1. The lowest BCUT2D eigenvalue weighted by Crippen LogP contribution is -2.14. The van der Waals surface area contributed by atoms with E-state index in [9.17, 15) is 13.2 Å². The number of carbonyl (C=O) groups is 1. The molecule has 118 valence electrons. The second-order valence-corrected chi connectivity index (χ2v) is 7.20. The average Bonchev–Trinajstić information content (AvgIpc) is 2.90. The molecule has 2 aromatic heterocycles. The van der Waals surface area contributed by atoms with Crippen molar-refractivity contribution < 1.29 is 13.2 Å². The number of hydrogen-bond donors (Lipinski definition) is 2. The maximum atomic E-state index is 12.1. The van der Waals surface area contributed by atoms with Crippen LogP contribution >= 0.6 is 0 Å². The number of aromatic nitrogens is 2. The summed E-state index contributed by atoms with van der Waals surface area (Å²) in [4.78, 5) is 19.1. The van der Waals surface area contributed by atoms with Crippen molar-refractivity contribution in [2.75, 3.05) is 11.6 Å². The second kappa shape index (κ2) is 5.85. The number of para-hydroxylation sites is 1. The fourth-order valence-corrected chi connectivity index (χ4v) is 2.89. The first-order chi connectivity index (χ1) is 10.9. The number of hydrogen-bond acceptors (Lipinski definition) is 4. The quantitative estimate of drug-likeness (QED) is 0.767. The number of pyridine rings is 1. The van der Waals surface area contributed by atoms with Crippen molar-refractivity contribution in [2.24, 2.45) is 0 Å². The summed E-state index contributed by atoms with van der Waals surface area (Å²) in [5, 5.41) is 3.70. The van der Waals surface area contributed by atoms with Crippen molar-refractivity contribution in [1.29, 1.82) is 0 Å². The summed E-state index contributed by atoms with van der Waals surface area (Å²) in [6, 6.07) is 10.7. The first-order valence-electron chi connectivity index (χ1n) is 6.94. The van der Waals surface area contributed by atoms with Crippen LogP contribution in [0.5, 0.6) is 0 Å². The van der Waals surface area contributed by atoms with E-state index >= 15 is 0 Å². The number of benzene rings is 1. The molecule has 0 unspecified atom stereocenters. The molecular weight excluding hydrogens is 314 g/mol. The van der Waals surface area contributed by atoms with E-state index in [4.69, 9.17) is 0 Å². The van der Waals surface area contributed by atoms with Gasteiger partial charge in [-0.1, -0.05) is 18.2 Å². The topological polar surface area (TPSA) is 91.9 Å². The van der Waals surface area contributed by atoms with Gasteiger partial charge in [-0.15, -0.1) is 0 Å². The summed E-state index contributed by atoms with van der Waals surface area (Å²) in [6.07, 6.45) is 4.46. The molecule has 0 saturated carbocycles. The molecule has 0 atom stereocenters.